The molecule has 52 heavy (non-hydrogen) atoms. The van der Waals surface area contributed by atoms with Gasteiger partial charge in [0.15, 0.2) is 11.5 Å². The number of rotatable bonds is 17. The number of unbranched alkanes of at least 4 members (excludes halogenated alkanes) is 1. The predicted octanol–water partition coefficient (Wildman–Crippen LogP) is 8.74. The summed E-state index contributed by atoms with van der Waals surface area (Å²) in [6.45, 7) is 17.5. The third-order valence-electron chi connectivity index (χ3n) is 10.1. The van der Waals surface area contributed by atoms with Gasteiger partial charge in [-0.1, -0.05) is 56.1 Å². The van der Waals surface area contributed by atoms with Gasteiger partial charge in [-0.2, -0.15) is 0 Å². The SMILES string of the molecule is CCCCN(CCC)CCC1(c2ccc(C)c(Cl)c2)CCN(C(=O)c2cc(OC)c(OC)c(OC)c2)C1.CCOCCn1c(C)nc2ccccc21. The van der Waals surface area contributed by atoms with Crippen molar-refractivity contribution in [2.75, 3.05) is 67.3 Å². The molecule has 9 nitrogen and oxygen atoms in total. The lowest BCUT2D eigenvalue weighted by Crippen LogP contribution is -2.38. The fraction of sp³-hybridized carbons (Fsp3) is 0.524. The van der Waals surface area contributed by atoms with Gasteiger partial charge in [-0.25, -0.2) is 4.98 Å². The van der Waals surface area contributed by atoms with Crippen LogP contribution in [0, 0.1) is 13.8 Å². The average Bonchev–Trinajstić information content (AvgIpc) is 3.74. The number of benzene rings is 3. The molecule has 1 saturated heterocycles. The number of fused-ring (bicyclic) bond motifs is 1. The number of carbonyl (C=O) groups excluding carboxylic acids is 1. The number of carbonyl (C=O) groups is 1. The first kappa shape index (κ1) is 41.0. The minimum absolute atomic E-state index is 0.0317. The smallest absolute Gasteiger partial charge is 0.254 e. The number of imidazole rings is 1. The molecular weight excluding hydrogens is 676 g/mol. The number of hydrogen-bond acceptors (Lipinski definition) is 7. The van der Waals surface area contributed by atoms with Crippen LogP contribution in [-0.4, -0.2) is 92.5 Å². The first-order valence-electron chi connectivity index (χ1n) is 18.7. The van der Waals surface area contributed by atoms with Crippen LogP contribution in [-0.2, 0) is 16.7 Å². The van der Waals surface area contributed by atoms with Crippen molar-refractivity contribution in [2.45, 2.75) is 78.7 Å². The Morgan fingerprint density at radius 1 is 0.923 bits per heavy atom. The molecule has 284 valence electrons. The Morgan fingerprint density at radius 2 is 1.65 bits per heavy atom. The lowest BCUT2D eigenvalue weighted by molar-refractivity contribution is 0.0780. The monoisotopic (exact) mass is 734 g/mol. The summed E-state index contributed by atoms with van der Waals surface area (Å²) in [5.74, 6) is 2.46. The van der Waals surface area contributed by atoms with Crippen molar-refractivity contribution >= 4 is 28.5 Å². The fourth-order valence-electron chi connectivity index (χ4n) is 7.12. The van der Waals surface area contributed by atoms with Crippen molar-refractivity contribution in [1.82, 2.24) is 19.4 Å². The predicted molar refractivity (Wildman–Crippen MR) is 212 cm³/mol. The van der Waals surface area contributed by atoms with E-state index in [4.69, 9.17) is 30.5 Å². The third kappa shape index (κ3) is 10.00. The molecule has 1 aromatic heterocycles. The Morgan fingerprint density at radius 3 is 2.29 bits per heavy atom. The molecule has 0 bridgehead atoms. The summed E-state index contributed by atoms with van der Waals surface area (Å²) >= 11 is 6.59. The van der Waals surface area contributed by atoms with Gasteiger partial charge < -0.3 is 33.3 Å². The van der Waals surface area contributed by atoms with Gasteiger partial charge in [0.05, 0.1) is 39.0 Å². The van der Waals surface area contributed by atoms with E-state index in [0.717, 1.165) is 80.6 Å². The second-order valence-electron chi connectivity index (χ2n) is 13.6. The number of aryl methyl sites for hydroxylation is 2. The molecule has 1 fully saturated rings. The Labute approximate surface area is 316 Å². The molecule has 1 aliphatic rings. The highest BCUT2D eigenvalue weighted by Crippen LogP contribution is 2.42. The summed E-state index contributed by atoms with van der Waals surface area (Å²) in [6, 6.07) is 18.1. The van der Waals surface area contributed by atoms with Crippen molar-refractivity contribution in [2.24, 2.45) is 0 Å². The second-order valence-corrected chi connectivity index (χ2v) is 14.0. The van der Waals surface area contributed by atoms with Crippen LogP contribution in [0.4, 0.5) is 0 Å². The van der Waals surface area contributed by atoms with Crippen LogP contribution in [0.3, 0.4) is 0 Å². The Kier molecular flexibility index (Phi) is 15.7. The number of aromatic nitrogens is 2. The van der Waals surface area contributed by atoms with Gasteiger partial charge in [0, 0.05) is 42.2 Å². The lowest BCUT2D eigenvalue weighted by atomic mass is 9.76. The molecule has 0 spiro atoms. The van der Waals surface area contributed by atoms with Gasteiger partial charge >= 0.3 is 0 Å². The number of methoxy groups -OCH3 is 3. The number of likely N-dealkylation sites (tertiary alicyclic amines) is 1. The van der Waals surface area contributed by atoms with E-state index in [-0.39, 0.29) is 11.3 Å². The molecule has 4 aromatic rings. The maximum Gasteiger partial charge on any atom is 0.254 e. The molecule has 5 rings (SSSR count). The van der Waals surface area contributed by atoms with Crippen LogP contribution in [0.2, 0.25) is 5.02 Å². The van der Waals surface area contributed by atoms with E-state index >= 15 is 0 Å². The standard InChI is InChI=1S/C30H43ClN2O4.C12H16N2O/c1-7-9-15-32(14-8-2)16-12-30(24-11-10-22(3)25(31)20-24)13-17-33(21-30)29(34)23-18-26(35-4)28(37-6)27(19-23)36-5;1-3-15-9-8-14-10(2)13-11-6-4-5-7-12(11)14/h10-11,18-20H,7-9,12-17,21H2,1-6H3;4-7H,3,8-9H2,1-2H3. The minimum Gasteiger partial charge on any atom is -0.493 e. The summed E-state index contributed by atoms with van der Waals surface area (Å²) in [5.41, 5.74) is 4.92. The molecule has 1 atom stereocenters. The van der Waals surface area contributed by atoms with E-state index in [1.807, 2.05) is 43.9 Å². The molecular formula is C42H59ClN4O5. The molecule has 3 aromatic carbocycles. The molecule has 1 unspecified atom stereocenters. The number of nitrogens with zero attached hydrogens (tertiary/aromatic N) is 4. The third-order valence-corrected chi connectivity index (χ3v) is 10.5. The van der Waals surface area contributed by atoms with Crippen molar-refractivity contribution in [3.63, 3.8) is 0 Å². The zero-order chi connectivity index (χ0) is 37.7. The Balaban J connectivity index is 0.000000334. The number of amides is 1. The first-order valence-corrected chi connectivity index (χ1v) is 19.1. The highest BCUT2D eigenvalue weighted by Gasteiger charge is 2.42. The van der Waals surface area contributed by atoms with Gasteiger partial charge in [0.25, 0.3) is 5.91 Å². The molecule has 1 amide bonds. The molecule has 0 N–H and O–H groups in total. The largest absolute Gasteiger partial charge is 0.493 e. The zero-order valence-corrected chi connectivity index (χ0v) is 33.4. The highest BCUT2D eigenvalue weighted by atomic mass is 35.5. The first-order chi connectivity index (χ1) is 25.1. The summed E-state index contributed by atoms with van der Waals surface area (Å²) in [7, 11) is 4.69. The lowest BCUT2D eigenvalue weighted by Gasteiger charge is -2.33. The minimum atomic E-state index is -0.147. The maximum atomic E-state index is 13.7. The molecule has 0 radical (unpaired) electrons. The van der Waals surface area contributed by atoms with Crippen molar-refractivity contribution in [3.8, 4) is 17.2 Å². The van der Waals surface area contributed by atoms with Gasteiger partial charge in [-0.05, 0) is 108 Å². The number of hydrogen-bond donors (Lipinski definition) is 0. The summed E-state index contributed by atoms with van der Waals surface area (Å²) in [4.78, 5) is 22.8. The van der Waals surface area contributed by atoms with Gasteiger partial charge in [-0.15, -0.1) is 0 Å². The Bertz CT molecular complexity index is 1720. The van der Waals surface area contributed by atoms with Crippen molar-refractivity contribution in [1.29, 1.82) is 0 Å². The average molecular weight is 735 g/mol. The van der Waals surface area contributed by atoms with Crippen LogP contribution < -0.4 is 14.2 Å². The quantitative estimate of drug-likeness (QED) is 0.100. The Hall–Kier alpha value is -3.79. The summed E-state index contributed by atoms with van der Waals surface area (Å²) in [6.07, 6.45) is 5.41. The van der Waals surface area contributed by atoms with Gasteiger partial charge in [0.2, 0.25) is 5.75 Å². The molecule has 2 heterocycles. The number of para-hydroxylation sites is 2. The maximum absolute atomic E-state index is 13.7. The summed E-state index contributed by atoms with van der Waals surface area (Å²) in [5, 5.41) is 0.780. The van der Waals surface area contributed by atoms with E-state index < -0.39 is 0 Å². The molecule has 10 heteroatoms. The second kappa shape index (κ2) is 19.9. The van der Waals surface area contributed by atoms with Crippen LogP contribution in [0.15, 0.2) is 54.6 Å². The molecule has 0 saturated carbocycles. The van der Waals surface area contributed by atoms with Crippen LogP contribution in [0.5, 0.6) is 17.2 Å². The molecule has 0 aliphatic carbocycles. The van der Waals surface area contributed by atoms with Crippen LogP contribution in [0.1, 0.15) is 80.2 Å². The van der Waals surface area contributed by atoms with E-state index in [9.17, 15) is 4.79 Å². The van der Waals surface area contributed by atoms with Crippen molar-refractivity contribution in [3.05, 3.63) is 82.1 Å². The highest BCUT2D eigenvalue weighted by molar-refractivity contribution is 6.31. The zero-order valence-electron chi connectivity index (χ0n) is 32.6. The van der Waals surface area contributed by atoms with Crippen molar-refractivity contribution < 1.29 is 23.7 Å². The van der Waals surface area contributed by atoms with Crippen LogP contribution in [0.25, 0.3) is 11.0 Å². The summed E-state index contributed by atoms with van der Waals surface area (Å²) < 4.78 is 24.0. The normalized spacial score (nSPS) is 15.5. The fourth-order valence-corrected chi connectivity index (χ4v) is 7.30. The van der Waals surface area contributed by atoms with E-state index in [2.05, 4.69) is 52.6 Å². The van der Waals surface area contributed by atoms with Gasteiger partial charge in [0.1, 0.15) is 5.82 Å². The van der Waals surface area contributed by atoms with E-state index in [0.29, 0.717) is 35.9 Å². The van der Waals surface area contributed by atoms with E-state index in [1.165, 1.54) is 23.9 Å². The van der Waals surface area contributed by atoms with Gasteiger partial charge in [-0.3, -0.25) is 4.79 Å². The topological polar surface area (TPSA) is 78.3 Å². The van der Waals surface area contributed by atoms with Crippen LogP contribution >= 0.6 is 11.6 Å². The number of halogens is 1. The number of ether oxygens (including phenoxy) is 4. The molecule has 1 aliphatic heterocycles. The van der Waals surface area contributed by atoms with E-state index in [1.54, 1.807) is 33.5 Å².